The topological polar surface area (TPSA) is 69.9 Å². The second kappa shape index (κ2) is 3.49. The number of rotatable bonds is 1. The molecular weight excluding hydrogens is 148 g/mol. The van der Waals surface area contributed by atoms with Crippen LogP contribution in [0.4, 0.5) is 0 Å². The van der Waals surface area contributed by atoms with Crippen molar-refractivity contribution in [1.29, 1.82) is 0 Å². The highest BCUT2D eigenvalue weighted by Gasteiger charge is 2.36. The highest BCUT2D eigenvalue weighted by molar-refractivity contribution is 4.85. The Morgan fingerprint density at radius 2 is 1.91 bits per heavy atom. The summed E-state index contributed by atoms with van der Waals surface area (Å²) in [6, 6.07) is 0. The molecule has 1 fully saturated rings. The zero-order valence-corrected chi connectivity index (χ0v) is 6.47. The molecule has 1 heterocycles. The maximum Gasteiger partial charge on any atom is 0.111 e. The number of aliphatic hydroxyl groups is 3. The zero-order chi connectivity index (χ0) is 8.43. The largest absolute Gasteiger partial charge is 0.388 e. The Labute approximate surface area is 65.4 Å². The summed E-state index contributed by atoms with van der Waals surface area (Å²) in [4.78, 5) is 0. The molecule has 0 spiro atoms. The maximum absolute atomic E-state index is 9.27. The zero-order valence-electron chi connectivity index (χ0n) is 6.47. The molecule has 0 saturated carbocycles. The van der Waals surface area contributed by atoms with Gasteiger partial charge in [0.05, 0.1) is 12.7 Å². The van der Waals surface area contributed by atoms with Gasteiger partial charge in [-0.15, -0.1) is 0 Å². The molecule has 0 aromatic heterocycles. The van der Waals surface area contributed by atoms with Gasteiger partial charge in [-0.05, 0) is 6.42 Å². The van der Waals surface area contributed by atoms with Crippen LogP contribution in [-0.2, 0) is 4.74 Å². The van der Waals surface area contributed by atoms with Crippen LogP contribution in [0.25, 0.3) is 0 Å². The molecule has 1 aliphatic heterocycles. The molecule has 0 bridgehead atoms. The van der Waals surface area contributed by atoms with Crippen molar-refractivity contribution in [3.63, 3.8) is 0 Å². The average Bonchev–Trinajstić information content (AvgIpc) is 2.01. The highest BCUT2D eigenvalue weighted by Crippen LogP contribution is 2.17. The molecule has 4 nitrogen and oxygen atoms in total. The normalized spacial score (nSPS) is 45.8. The molecule has 4 heteroatoms. The second-order valence-electron chi connectivity index (χ2n) is 2.83. The number of hydrogen-bond acceptors (Lipinski definition) is 4. The van der Waals surface area contributed by atoms with E-state index in [9.17, 15) is 5.11 Å². The van der Waals surface area contributed by atoms with Gasteiger partial charge in [0.1, 0.15) is 18.3 Å². The molecule has 0 aromatic rings. The van der Waals surface area contributed by atoms with Crippen LogP contribution in [0.1, 0.15) is 13.3 Å². The highest BCUT2D eigenvalue weighted by atomic mass is 16.5. The fourth-order valence-corrected chi connectivity index (χ4v) is 1.23. The van der Waals surface area contributed by atoms with E-state index in [1.54, 1.807) is 0 Å². The number of hydrogen-bond donors (Lipinski definition) is 3. The summed E-state index contributed by atoms with van der Waals surface area (Å²) in [7, 11) is 0. The molecule has 0 amide bonds. The molecule has 66 valence electrons. The lowest BCUT2D eigenvalue weighted by atomic mass is 9.99. The lowest BCUT2D eigenvalue weighted by Crippen LogP contribution is -2.52. The minimum Gasteiger partial charge on any atom is -0.388 e. The molecular formula is C7H14O4. The predicted octanol–water partition coefficient (Wildman–Crippen LogP) is -1.12. The molecule has 1 rings (SSSR count). The van der Waals surface area contributed by atoms with E-state index >= 15 is 0 Å². The monoisotopic (exact) mass is 162 g/mol. The Balaban J connectivity index is 2.52. The van der Waals surface area contributed by atoms with Crippen molar-refractivity contribution >= 4 is 0 Å². The van der Waals surface area contributed by atoms with Gasteiger partial charge in [0.25, 0.3) is 0 Å². The van der Waals surface area contributed by atoms with Gasteiger partial charge in [-0.3, -0.25) is 0 Å². The van der Waals surface area contributed by atoms with E-state index in [0.29, 0.717) is 6.42 Å². The smallest absolute Gasteiger partial charge is 0.111 e. The summed E-state index contributed by atoms with van der Waals surface area (Å²) in [6.07, 6.45) is -2.66. The summed E-state index contributed by atoms with van der Waals surface area (Å²) in [5, 5.41) is 27.5. The third-order valence-electron chi connectivity index (χ3n) is 2.01. The average molecular weight is 162 g/mol. The van der Waals surface area contributed by atoms with Crippen LogP contribution in [0, 0.1) is 0 Å². The second-order valence-corrected chi connectivity index (χ2v) is 2.83. The van der Waals surface area contributed by atoms with E-state index in [-0.39, 0.29) is 12.7 Å². The maximum atomic E-state index is 9.27. The fraction of sp³-hybridized carbons (Fsp3) is 1.00. The molecule has 4 unspecified atom stereocenters. The first-order chi connectivity index (χ1) is 5.16. The van der Waals surface area contributed by atoms with Gasteiger partial charge in [-0.2, -0.15) is 0 Å². The minimum atomic E-state index is -1.06. The summed E-state index contributed by atoms with van der Waals surface area (Å²) in [5.74, 6) is 0. The van der Waals surface area contributed by atoms with Gasteiger partial charge >= 0.3 is 0 Å². The van der Waals surface area contributed by atoms with Crippen molar-refractivity contribution in [3.8, 4) is 0 Å². The van der Waals surface area contributed by atoms with Crippen LogP contribution in [0.3, 0.4) is 0 Å². The van der Waals surface area contributed by atoms with Gasteiger partial charge in [0.15, 0.2) is 0 Å². The molecule has 0 aromatic carbocycles. The Morgan fingerprint density at radius 1 is 1.27 bits per heavy atom. The molecule has 1 aliphatic rings. The van der Waals surface area contributed by atoms with Crippen LogP contribution >= 0.6 is 0 Å². The molecule has 4 atom stereocenters. The Morgan fingerprint density at radius 3 is 2.45 bits per heavy atom. The van der Waals surface area contributed by atoms with E-state index < -0.39 is 18.3 Å². The SMILES string of the molecule is CCC1OCC(O)C(O)C1O. The quantitative estimate of drug-likeness (QED) is 0.456. The van der Waals surface area contributed by atoms with Gasteiger partial charge in [0.2, 0.25) is 0 Å². The van der Waals surface area contributed by atoms with Crippen LogP contribution in [-0.4, -0.2) is 46.3 Å². The molecule has 3 N–H and O–H groups in total. The summed E-state index contributed by atoms with van der Waals surface area (Å²) < 4.78 is 5.06. The lowest BCUT2D eigenvalue weighted by molar-refractivity contribution is -0.187. The van der Waals surface area contributed by atoms with Gasteiger partial charge in [0, 0.05) is 0 Å². The van der Waals surface area contributed by atoms with Gasteiger partial charge in [-0.25, -0.2) is 0 Å². The van der Waals surface area contributed by atoms with Gasteiger partial charge < -0.3 is 20.1 Å². The molecule has 11 heavy (non-hydrogen) atoms. The first-order valence-electron chi connectivity index (χ1n) is 3.82. The third kappa shape index (κ3) is 1.70. The van der Waals surface area contributed by atoms with E-state index in [2.05, 4.69) is 0 Å². The van der Waals surface area contributed by atoms with E-state index in [1.807, 2.05) is 6.92 Å². The Hall–Kier alpha value is -0.160. The van der Waals surface area contributed by atoms with Crippen molar-refractivity contribution in [1.82, 2.24) is 0 Å². The molecule has 0 aliphatic carbocycles. The lowest BCUT2D eigenvalue weighted by Gasteiger charge is -2.34. The van der Waals surface area contributed by atoms with Crippen molar-refractivity contribution < 1.29 is 20.1 Å². The van der Waals surface area contributed by atoms with Crippen LogP contribution in [0.15, 0.2) is 0 Å². The first-order valence-corrected chi connectivity index (χ1v) is 3.82. The number of ether oxygens (including phenoxy) is 1. The van der Waals surface area contributed by atoms with Gasteiger partial charge in [-0.1, -0.05) is 6.92 Å². The van der Waals surface area contributed by atoms with Crippen LogP contribution in [0.5, 0.6) is 0 Å². The standard InChI is InChI=1S/C7H14O4/c1-2-5-7(10)6(9)4(8)3-11-5/h4-10H,2-3H2,1H3. The Bertz CT molecular complexity index is 126. The van der Waals surface area contributed by atoms with E-state index in [0.717, 1.165) is 0 Å². The summed E-state index contributed by atoms with van der Waals surface area (Å²) >= 11 is 0. The van der Waals surface area contributed by atoms with Crippen molar-refractivity contribution in [3.05, 3.63) is 0 Å². The molecule has 0 radical (unpaired) electrons. The summed E-state index contributed by atoms with van der Waals surface area (Å²) in [5.41, 5.74) is 0. The fourth-order valence-electron chi connectivity index (χ4n) is 1.23. The van der Waals surface area contributed by atoms with E-state index in [4.69, 9.17) is 14.9 Å². The van der Waals surface area contributed by atoms with E-state index in [1.165, 1.54) is 0 Å². The first kappa shape index (κ1) is 8.93. The van der Waals surface area contributed by atoms with Crippen molar-refractivity contribution in [2.75, 3.05) is 6.61 Å². The molecule has 1 saturated heterocycles. The third-order valence-corrected chi connectivity index (χ3v) is 2.01. The minimum absolute atomic E-state index is 0.108. The summed E-state index contributed by atoms with van der Waals surface area (Å²) in [6.45, 7) is 1.97. The number of aliphatic hydroxyl groups excluding tert-OH is 3. The van der Waals surface area contributed by atoms with Crippen LogP contribution < -0.4 is 0 Å². The predicted molar refractivity (Wildman–Crippen MR) is 38.1 cm³/mol. The van der Waals surface area contributed by atoms with Crippen LogP contribution in [0.2, 0.25) is 0 Å². The Kier molecular flexibility index (Phi) is 2.84. The van der Waals surface area contributed by atoms with Crippen molar-refractivity contribution in [2.45, 2.75) is 37.8 Å². The van der Waals surface area contributed by atoms with Crippen molar-refractivity contribution in [2.24, 2.45) is 0 Å².